The Balaban J connectivity index is 4.69. The van der Waals surface area contributed by atoms with Gasteiger partial charge in [-0.3, -0.25) is 9.98 Å². The third kappa shape index (κ3) is 5.25. The predicted octanol–water partition coefficient (Wildman–Crippen LogP) is 3.18. The van der Waals surface area contributed by atoms with E-state index in [1.807, 2.05) is 45.1 Å². The summed E-state index contributed by atoms with van der Waals surface area (Å²) in [7, 11) is 0. The summed E-state index contributed by atoms with van der Waals surface area (Å²) in [6.45, 7) is 10.2. The molecule has 0 N–H and O–H groups in total. The first kappa shape index (κ1) is 12.6. The van der Waals surface area contributed by atoms with Crippen molar-refractivity contribution in [3.63, 3.8) is 0 Å². The van der Waals surface area contributed by atoms with E-state index in [9.17, 15) is 0 Å². The normalized spacial score (nSPS) is 14.2. The summed E-state index contributed by atoms with van der Waals surface area (Å²) in [4.78, 5) is 8.43. The van der Waals surface area contributed by atoms with E-state index in [0.717, 1.165) is 18.0 Å². The van der Waals surface area contributed by atoms with Gasteiger partial charge in [0, 0.05) is 12.7 Å². The maximum Gasteiger partial charge on any atom is 0.0785 e. The Morgan fingerprint density at radius 1 is 1.36 bits per heavy atom. The summed E-state index contributed by atoms with van der Waals surface area (Å²) in [5.41, 5.74) is 1.80. The van der Waals surface area contributed by atoms with Crippen LogP contribution in [0.2, 0.25) is 0 Å². The molecule has 0 aromatic rings. The van der Waals surface area contributed by atoms with Gasteiger partial charge in [-0.15, -0.1) is 0 Å². The van der Waals surface area contributed by atoms with Crippen molar-refractivity contribution in [2.75, 3.05) is 6.54 Å². The molecule has 2 nitrogen and oxygen atoms in total. The lowest BCUT2D eigenvalue weighted by Gasteiger charge is -1.97. The zero-order valence-electron chi connectivity index (χ0n) is 9.20. The highest BCUT2D eigenvalue weighted by Crippen LogP contribution is 1.91. The number of allylic oxidation sites excluding steroid dienone is 4. The third-order valence-electron chi connectivity index (χ3n) is 1.54. The Bertz CT molecular complexity index is 281. The SMILES string of the molecule is C=C/N=C(/C)C(/C=C\C=C/C)=NCC. The quantitative estimate of drug-likeness (QED) is 0.470. The molecular weight excluding hydrogens is 172 g/mol. The van der Waals surface area contributed by atoms with Gasteiger partial charge in [0.1, 0.15) is 0 Å². The van der Waals surface area contributed by atoms with Gasteiger partial charge in [0.15, 0.2) is 0 Å². The first-order valence-electron chi connectivity index (χ1n) is 4.75. The van der Waals surface area contributed by atoms with Crippen molar-refractivity contribution in [2.45, 2.75) is 20.8 Å². The maximum absolute atomic E-state index is 4.33. The van der Waals surface area contributed by atoms with Gasteiger partial charge in [0.05, 0.1) is 11.4 Å². The summed E-state index contributed by atoms with van der Waals surface area (Å²) in [5.74, 6) is 0. The molecule has 0 aromatic heterocycles. The smallest absolute Gasteiger partial charge is 0.0785 e. The van der Waals surface area contributed by atoms with Gasteiger partial charge in [-0.05, 0) is 26.8 Å². The minimum atomic E-state index is 0.763. The summed E-state index contributed by atoms with van der Waals surface area (Å²) in [6, 6.07) is 0. The Labute approximate surface area is 86.5 Å². The molecule has 0 aliphatic carbocycles. The first-order chi connectivity index (χ1) is 6.76. The molecular formula is C12H18N2. The van der Waals surface area contributed by atoms with E-state index in [4.69, 9.17) is 0 Å². The van der Waals surface area contributed by atoms with Crippen molar-refractivity contribution in [3.8, 4) is 0 Å². The molecule has 0 heterocycles. The van der Waals surface area contributed by atoms with E-state index >= 15 is 0 Å². The van der Waals surface area contributed by atoms with Crippen LogP contribution in [0.5, 0.6) is 0 Å². The zero-order chi connectivity index (χ0) is 10.8. The molecule has 76 valence electrons. The largest absolute Gasteiger partial charge is 0.284 e. The van der Waals surface area contributed by atoms with Crippen LogP contribution in [0.1, 0.15) is 20.8 Å². The second-order valence-corrected chi connectivity index (χ2v) is 2.64. The highest BCUT2D eigenvalue weighted by atomic mass is 14.8. The molecule has 0 aliphatic rings. The van der Waals surface area contributed by atoms with Gasteiger partial charge in [-0.1, -0.05) is 24.8 Å². The molecule has 0 bridgehead atoms. The van der Waals surface area contributed by atoms with Crippen LogP contribution in [0, 0.1) is 0 Å². The van der Waals surface area contributed by atoms with E-state index in [1.165, 1.54) is 6.20 Å². The van der Waals surface area contributed by atoms with Crippen LogP contribution in [0.4, 0.5) is 0 Å². The summed E-state index contributed by atoms with van der Waals surface area (Å²) in [5, 5.41) is 0. The second kappa shape index (κ2) is 8.17. The number of aliphatic imine (C=N–C) groups is 2. The monoisotopic (exact) mass is 190 g/mol. The lowest BCUT2D eigenvalue weighted by atomic mass is 10.2. The molecule has 0 aliphatic heterocycles. The molecule has 0 atom stereocenters. The average molecular weight is 190 g/mol. The van der Waals surface area contributed by atoms with E-state index in [0.29, 0.717) is 0 Å². The zero-order valence-corrected chi connectivity index (χ0v) is 9.20. The van der Waals surface area contributed by atoms with Crippen LogP contribution in [0.15, 0.2) is 47.1 Å². The molecule has 0 spiro atoms. The van der Waals surface area contributed by atoms with Crippen LogP contribution >= 0.6 is 0 Å². The van der Waals surface area contributed by atoms with Crippen LogP contribution in [-0.2, 0) is 0 Å². The summed E-state index contributed by atoms with van der Waals surface area (Å²) < 4.78 is 0. The summed E-state index contributed by atoms with van der Waals surface area (Å²) >= 11 is 0. The Morgan fingerprint density at radius 2 is 2.07 bits per heavy atom. The van der Waals surface area contributed by atoms with Crippen molar-refractivity contribution in [1.29, 1.82) is 0 Å². The van der Waals surface area contributed by atoms with Crippen LogP contribution in [-0.4, -0.2) is 18.0 Å². The molecule has 0 saturated heterocycles. The molecule has 0 aromatic carbocycles. The fraction of sp³-hybridized carbons (Fsp3) is 0.333. The minimum absolute atomic E-state index is 0.763. The number of nitrogens with zero attached hydrogens (tertiary/aromatic N) is 2. The Kier molecular flexibility index (Phi) is 7.33. The Hall–Kier alpha value is -1.44. The van der Waals surface area contributed by atoms with Crippen LogP contribution < -0.4 is 0 Å². The number of rotatable bonds is 5. The molecule has 14 heavy (non-hydrogen) atoms. The van der Waals surface area contributed by atoms with E-state index in [2.05, 4.69) is 16.6 Å². The molecule has 0 radical (unpaired) electrons. The summed E-state index contributed by atoms with van der Waals surface area (Å²) in [6.07, 6.45) is 9.37. The molecule has 2 heteroatoms. The standard InChI is InChI=1S/C12H18N2/c1-5-8-9-10-12(14-7-3)11(4)13-6-2/h5-6,8-10H,2,7H2,1,3-4H3/b8-5-,10-9-,13-11-,14-12?. The number of hydrogen-bond acceptors (Lipinski definition) is 2. The lowest BCUT2D eigenvalue weighted by Crippen LogP contribution is -2.07. The molecule has 0 fully saturated rings. The maximum atomic E-state index is 4.33. The predicted molar refractivity (Wildman–Crippen MR) is 65.2 cm³/mol. The fourth-order valence-corrected chi connectivity index (χ4v) is 0.919. The van der Waals surface area contributed by atoms with Crippen molar-refractivity contribution in [1.82, 2.24) is 0 Å². The average Bonchev–Trinajstić information content (AvgIpc) is 2.17. The lowest BCUT2D eigenvalue weighted by molar-refractivity contribution is 1.14. The van der Waals surface area contributed by atoms with Gasteiger partial charge in [-0.25, -0.2) is 0 Å². The highest BCUT2D eigenvalue weighted by molar-refractivity contribution is 6.45. The molecule has 0 saturated carbocycles. The van der Waals surface area contributed by atoms with Gasteiger partial charge in [0.2, 0.25) is 0 Å². The van der Waals surface area contributed by atoms with Gasteiger partial charge in [-0.2, -0.15) is 0 Å². The van der Waals surface area contributed by atoms with Crippen molar-refractivity contribution >= 4 is 11.4 Å². The highest BCUT2D eigenvalue weighted by Gasteiger charge is 1.96. The van der Waals surface area contributed by atoms with E-state index < -0.39 is 0 Å². The van der Waals surface area contributed by atoms with Crippen molar-refractivity contribution < 1.29 is 0 Å². The van der Waals surface area contributed by atoms with Gasteiger partial charge >= 0.3 is 0 Å². The first-order valence-corrected chi connectivity index (χ1v) is 4.75. The third-order valence-corrected chi connectivity index (χ3v) is 1.54. The van der Waals surface area contributed by atoms with Gasteiger partial charge < -0.3 is 0 Å². The van der Waals surface area contributed by atoms with Gasteiger partial charge in [0.25, 0.3) is 0 Å². The molecule has 0 unspecified atom stereocenters. The molecule has 0 amide bonds. The van der Waals surface area contributed by atoms with Crippen molar-refractivity contribution in [3.05, 3.63) is 37.1 Å². The van der Waals surface area contributed by atoms with Crippen LogP contribution in [0.3, 0.4) is 0 Å². The minimum Gasteiger partial charge on any atom is -0.284 e. The second-order valence-electron chi connectivity index (χ2n) is 2.64. The van der Waals surface area contributed by atoms with Crippen LogP contribution in [0.25, 0.3) is 0 Å². The fourth-order valence-electron chi connectivity index (χ4n) is 0.919. The molecule has 0 rings (SSSR count). The van der Waals surface area contributed by atoms with E-state index in [1.54, 1.807) is 0 Å². The number of hydrogen-bond donors (Lipinski definition) is 0. The van der Waals surface area contributed by atoms with E-state index in [-0.39, 0.29) is 0 Å². The van der Waals surface area contributed by atoms with Crippen molar-refractivity contribution in [2.24, 2.45) is 9.98 Å². The topological polar surface area (TPSA) is 24.7 Å². The Morgan fingerprint density at radius 3 is 2.57 bits per heavy atom.